The van der Waals surface area contributed by atoms with Crippen LogP contribution in [0.5, 0.6) is 0 Å². The molecule has 1 amide bonds. The molecule has 1 atom stereocenters. The molecule has 25 heavy (non-hydrogen) atoms. The van der Waals surface area contributed by atoms with E-state index in [0.717, 1.165) is 12.0 Å². The van der Waals surface area contributed by atoms with Crippen molar-refractivity contribution in [2.45, 2.75) is 32.4 Å². The number of carboxylic acids is 1. The fraction of sp³-hybridized carbons (Fsp3) is 0.389. The first-order valence-electron chi connectivity index (χ1n) is 8.37. The lowest BCUT2D eigenvalue weighted by molar-refractivity contribution is -0.142. The summed E-state index contributed by atoms with van der Waals surface area (Å²) in [6.45, 7) is 3.30. The molecule has 2 N–H and O–H groups in total. The Labute approximate surface area is 146 Å². The molecule has 7 heteroatoms. The van der Waals surface area contributed by atoms with Crippen molar-refractivity contribution in [1.82, 2.24) is 14.7 Å². The van der Waals surface area contributed by atoms with E-state index in [1.54, 1.807) is 21.8 Å². The van der Waals surface area contributed by atoms with Crippen LogP contribution >= 0.6 is 0 Å². The first kappa shape index (κ1) is 17.2. The summed E-state index contributed by atoms with van der Waals surface area (Å²) in [5.74, 6) is -0.480. The highest BCUT2D eigenvalue weighted by Crippen LogP contribution is 2.17. The van der Waals surface area contributed by atoms with Crippen LogP contribution in [-0.4, -0.2) is 50.8 Å². The zero-order valence-electron chi connectivity index (χ0n) is 14.2. The predicted molar refractivity (Wildman–Crippen MR) is 93.4 cm³/mol. The summed E-state index contributed by atoms with van der Waals surface area (Å²) in [6, 6.07) is 9.29. The Balaban J connectivity index is 1.63. The first-order chi connectivity index (χ1) is 12.0. The third kappa shape index (κ3) is 4.24. The molecule has 2 aromatic rings. The van der Waals surface area contributed by atoms with E-state index in [1.807, 2.05) is 25.1 Å². The summed E-state index contributed by atoms with van der Waals surface area (Å²) >= 11 is 0. The Kier molecular flexibility index (Phi) is 5.14. The molecule has 1 aliphatic heterocycles. The van der Waals surface area contributed by atoms with E-state index in [4.69, 9.17) is 0 Å². The molecule has 1 saturated heterocycles. The van der Waals surface area contributed by atoms with Gasteiger partial charge in [0.15, 0.2) is 0 Å². The van der Waals surface area contributed by atoms with Crippen LogP contribution in [0.3, 0.4) is 0 Å². The molecular formula is C18H22N4O3. The fourth-order valence-electron chi connectivity index (χ4n) is 3.21. The second kappa shape index (κ2) is 7.48. The molecular weight excluding hydrogens is 320 g/mol. The van der Waals surface area contributed by atoms with Crippen molar-refractivity contribution in [3.8, 4) is 0 Å². The Morgan fingerprint density at radius 3 is 2.96 bits per heavy atom. The minimum atomic E-state index is -0.866. The Hall–Kier alpha value is -2.67. The van der Waals surface area contributed by atoms with Gasteiger partial charge in [-0.2, -0.15) is 5.10 Å². The van der Waals surface area contributed by atoms with Crippen LogP contribution in [0.25, 0.3) is 0 Å². The SMILES string of the molecule is Cc1cccc(Cn2nccc2NC(=O)CN2CCC[C@@H]2C(=O)O)c1. The number of anilines is 1. The highest BCUT2D eigenvalue weighted by Gasteiger charge is 2.31. The number of aliphatic carboxylic acids is 1. The predicted octanol–water partition coefficient (Wildman–Crippen LogP) is 1.73. The maximum Gasteiger partial charge on any atom is 0.320 e. The molecule has 0 spiro atoms. The van der Waals surface area contributed by atoms with E-state index in [0.29, 0.717) is 25.3 Å². The van der Waals surface area contributed by atoms with Gasteiger partial charge in [0.1, 0.15) is 11.9 Å². The maximum atomic E-state index is 12.3. The summed E-state index contributed by atoms with van der Waals surface area (Å²) in [6.07, 6.45) is 3.03. The lowest BCUT2D eigenvalue weighted by Gasteiger charge is -2.20. The first-order valence-corrected chi connectivity index (χ1v) is 8.37. The number of carbonyl (C=O) groups is 2. The van der Waals surface area contributed by atoms with Crippen LogP contribution in [0.1, 0.15) is 24.0 Å². The summed E-state index contributed by atoms with van der Waals surface area (Å²) < 4.78 is 1.73. The third-order valence-electron chi connectivity index (χ3n) is 4.39. The number of carboxylic acid groups (broad SMARTS) is 1. The summed E-state index contributed by atoms with van der Waals surface area (Å²) in [4.78, 5) is 25.2. The van der Waals surface area contributed by atoms with Gasteiger partial charge in [-0.1, -0.05) is 29.8 Å². The van der Waals surface area contributed by atoms with Crippen LogP contribution in [0.2, 0.25) is 0 Å². The Bertz CT molecular complexity index is 771. The van der Waals surface area contributed by atoms with E-state index < -0.39 is 12.0 Å². The van der Waals surface area contributed by atoms with Gasteiger partial charge in [-0.3, -0.25) is 14.5 Å². The second-order valence-corrected chi connectivity index (χ2v) is 6.38. The van der Waals surface area contributed by atoms with Crippen molar-refractivity contribution in [1.29, 1.82) is 0 Å². The van der Waals surface area contributed by atoms with Crippen LogP contribution < -0.4 is 5.32 Å². The Morgan fingerprint density at radius 1 is 1.36 bits per heavy atom. The van der Waals surface area contributed by atoms with E-state index in [9.17, 15) is 14.7 Å². The zero-order chi connectivity index (χ0) is 17.8. The van der Waals surface area contributed by atoms with Crippen molar-refractivity contribution in [3.63, 3.8) is 0 Å². The Morgan fingerprint density at radius 2 is 2.20 bits per heavy atom. The number of nitrogens with one attached hydrogen (secondary N) is 1. The summed E-state index contributed by atoms with van der Waals surface area (Å²) in [7, 11) is 0. The average molecular weight is 342 g/mol. The lowest BCUT2D eigenvalue weighted by atomic mass is 10.1. The van der Waals surface area contributed by atoms with Gasteiger partial charge in [-0.15, -0.1) is 0 Å². The van der Waals surface area contributed by atoms with Gasteiger partial charge < -0.3 is 10.4 Å². The molecule has 1 aromatic heterocycles. The second-order valence-electron chi connectivity index (χ2n) is 6.38. The standard InChI is InChI=1S/C18H22N4O3/c1-13-4-2-5-14(10-13)11-22-16(7-8-19-22)20-17(23)12-21-9-3-6-15(21)18(24)25/h2,4-5,7-8,10,15H,3,6,9,11-12H2,1H3,(H,20,23)(H,24,25)/t15-/m1/s1. The number of carbonyl (C=O) groups excluding carboxylic acids is 1. The number of amides is 1. The van der Waals surface area contributed by atoms with Crippen LogP contribution in [0.4, 0.5) is 5.82 Å². The summed E-state index contributed by atoms with van der Waals surface area (Å²) in [5.41, 5.74) is 2.27. The van der Waals surface area contributed by atoms with Gasteiger partial charge in [-0.05, 0) is 31.9 Å². The minimum Gasteiger partial charge on any atom is -0.480 e. The molecule has 1 aliphatic rings. The molecule has 132 valence electrons. The number of nitrogens with zero attached hydrogens (tertiary/aromatic N) is 3. The van der Waals surface area contributed by atoms with Crippen LogP contribution in [0.15, 0.2) is 36.5 Å². The maximum absolute atomic E-state index is 12.3. The van der Waals surface area contributed by atoms with Crippen molar-refractivity contribution in [2.75, 3.05) is 18.4 Å². The van der Waals surface area contributed by atoms with Crippen molar-refractivity contribution in [3.05, 3.63) is 47.7 Å². The molecule has 3 rings (SSSR count). The van der Waals surface area contributed by atoms with Crippen LogP contribution in [0, 0.1) is 6.92 Å². The number of aromatic nitrogens is 2. The lowest BCUT2D eigenvalue weighted by Crippen LogP contribution is -2.41. The molecule has 0 bridgehead atoms. The summed E-state index contributed by atoms with van der Waals surface area (Å²) in [5, 5.41) is 16.3. The van der Waals surface area contributed by atoms with Gasteiger partial charge in [0, 0.05) is 6.07 Å². The van der Waals surface area contributed by atoms with E-state index in [1.165, 1.54) is 5.56 Å². The quantitative estimate of drug-likeness (QED) is 0.835. The number of aryl methyl sites for hydroxylation is 1. The van der Waals surface area contributed by atoms with Gasteiger partial charge in [0.2, 0.25) is 5.91 Å². The largest absolute Gasteiger partial charge is 0.480 e. The highest BCUT2D eigenvalue weighted by molar-refractivity contribution is 5.92. The molecule has 7 nitrogen and oxygen atoms in total. The minimum absolute atomic E-state index is 0.0760. The number of hydrogen-bond donors (Lipinski definition) is 2. The molecule has 0 unspecified atom stereocenters. The molecule has 0 aliphatic carbocycles. The molecule has 0 saturated carbocycles. The normalized spacial score (nSPS) is 17.6. The average Bonchev–Trinajstić information content (AvgIpc) is 3.17. The molecule has 1 fully saturated rings. The number of likely N-dealkylation sites (tertiary alicyclic amines) is 1. The molecule has 1 aromatic carbocycles. The monoisotopic (exact) mass is 342 g/mol. The van der Waals surface area contributed by atoms with Gasteiger partial charge in [0.05, 0.1) is 19.3 Å². The third-order valence-corrected chi connectivity index (χ3v) is 4.39. The fourth-order valence-corrected chi connectivity index (χ4v) is 3.21. The smallest absolute Gasteiger partial charge is 0.320 e. The zero-order valence-corrected chi connectivity index (χ0v) is 14.2. The van der Waals surface area contributed by atoms with Gasteiger partial charge >= 0.3 is 5.97 Å². The van der Waals surface area contributed by atoms with Gasteiger partial charge in [-0.25, -0.2) is 4.68 Å². The highest BCUT2D eigenvalue weighted by atomic mass is 16.4. The van der Waals surface area contributed by atoms with E-state index in [2.05, 4.69) is 16.5 Å². The van der Waals surface area contributed by atoms with Gasteiger partial charge in [0.25, 0.3) is 0 Å². The van der Waals surface area contributed by atoms with Crippen LogP contribution in [-0.2, 0) is 16.1 Å². The molecule has 0 radical (unpaired) electrons. The molecule has 2 heterocycles. The number of hydrogen-bond acceptors (Lipinski definition) is 4. The number of rotatable bonds is 6. The topological polar surface area (TPSA) is 87.5 Å². The van der Waals surface area contributed by atoms with Crippen molar-refractivity contribution in [2.24, 2.45) is 0 Å². The van der Waals surface area contributed by atoms with Crippen molar-refractivity contribution < 1.29 is 14.7 Å². The van der Waals surface area contributed by atoms with E-state index in [-0.39, 0.29) is 12.5 Å². The van der Waals surface area contributed by atoms with Crippen molar-refractivity contribution >= 4 is 17.7 Å². The number of benzene rings is 1. The van der Waals surface area contributed by atoms with E-state index >= 15 is 0 Å².